The number of methoxy groups -OCH3 is 2. The Morgan fingerprint density at radius 3 is 2.30 bits per heavy atom. The summed E-state index contributed by atoms with van der Waals surface area (Å²) in [4.78, 5) is 2.53. The van der Waals surface area contributed by atoms with Gasteiger partial charge >= 0.3 is 0 Å². The molecule has 5 rings (SSSR count). The Balaban J connectivity index is 1.85. The van der Waals surface area contributed by atoms with Gasteiger partial charge in [0.1, 0.15) is 17.1 Å². The summed E-state index contributed by atoms with van der Waals surface area (Å²) in [5.74, 6) is 2.20. The highest BCUT2D eigenvalue weighted by Gasteiger charge is 2.73. The Bertz CT molecular complexity index is 964. The molecule has 1 fully saturated rings. The summed E-state index contributed by atoms with van der Waals surface area (Å²) < 4.78 is 19.8. The van der Waals surface area contributed by atoms with E-state index in [2.05, 4.69) is 71.7 Å². The Morgan fingerprint density at radius 2 is 1.73 bits per heavy atom. The first kappa shape index (κ1) is 23.4. The second-order valence-corrected chi connectivity index (χ2v) is 17.8. The number of hydrogen-bond acceptors (Lipinski definition) is 4. The lowest BCUT2D eigenvalue weighted by Gasteiger charge is -2.63. The van der Waals surface area contributed by atoms with Gasteiger partial charge in [-0.25, -0.2) is 0 Å². The predicted molar refractivity (Wildman–Crippen MR) is 137 cm³/mol. The topological polar surface area (TPSA) is 30.9 Å². The number of ether oxygens (including phenoxy) is 3. The number of rotatable bonds is 6. The molecule has 0 radical (unpaired) electrons. The molecule has 0 amide bonds. The lowest BCUT2D eigenvalue weighted by atomic mass is 9.50. The van der Waals surface area contributed by atoms with E-state index >= 15 is 0 Å². The molecule has 2 heterocycles. The summed E-state index contributed by atoms with van der Waals surface area (Å²) in [6.07, 6.45) is 5.11. The normalized spacial score (nSPS) is 32.8. The van der Waals surface area contributed by atoms with Gasteiger partial charge in [-0.05, 0) is 59.9 Å². The highest BCUT2D eigenvalue weighted by molar-refractivity contribution is 6.95. The summed E-state index contributed by atoms with van der Waals surface area (Å²) in [7, 11) is 4.10. The molecule has 1 unspecified atom stereocenters. The van der Waals surface area contributed by atoms with Gasteiger partial charge in [-0.3, -0.25) is 0 Å². The van der Waals surface area contributed by atoms with Crippen LogP contribution in [0.5, 0.6) is 5.75 Å². The molecule has 182 valence electrons. The summed E-state index contributed by atoms with van der Waals surface area (Å²) in [6.45, 7) is 15.8. The quantitative estimate of drug-likeness (QED) is 0.539. The molecule has 4 nitrogen and oxygen atoms in total. The van der Waals surface area contributed by atoms with E-state index < -0.39 is 8.07 Å². The molecule has 0 aromatic heterocycles. The van der Waals surface area contributed by atoms with E-state index in [1.54, 1.807) is 7.11 Å². The molecule has 4 aliphatic rings. The van der Waals surface area contributed by atoms with Crippen molar-refractivity contribution in [2.75, 3.05) is 27.8 Å². The number of hydrogen-bond donors (Lipinski definition) is 0. The maximum absolute atomic E-state index is 7.17. The second-order valence-electron chi connectivity index (χ2n) is 11.9. The van der Waals surface area contributed by atoms with E-state index in [1.165, 1.54) is 22.1 Å². The van der Waals surface area contributed by atoms with Gasteiger partial charge in [-0.1, -0.05) is 53.7 Å². The average molecular weight is 470 g/mol. The minimum atomic E-state index is -1.91. The molecule has 1 aromatic carbocycles. The highest BCUT2D eigenvalue weighted by Crippen LogP contribution is 2.65. The zero-order valence-electron chi connectivity index (χ0n) is 22.1. The van der Waals surface area contributed by atoms with Crippen LogP contribution in [0.2, 0.25) is 16.6 Å². The lowest BCUT2D eigenvalue weighted by molar-refractivity contribution is -0.182. The average Bonchev–Trinajstić information content (AvgIpc) is 3.12. The van der Waals surface area contributed by atoms with Gasteiger partial charge in [-0.15, -0.1) is 0 Å². The first-order valence-corrected chi connectivity index (χ1v) is 15.2. The van der Waals surface area contributed by atoms with Gasteiger partial charge in [0.15, 0.2) is 6.10 Å². The lowest BCUT2D eigenvalue weighted by Crippen LogP contribution is -2.75. The molecule has 2 aliphatic heterocycles. The smallest absolute Gasteiger partial charge is 0.168 e. The SMILES string of the molecule is COC1=CC[C@@]2(OC)[C@H]3Cc4ccc([Si](C(C)C)(C(C)C)C(C)C)c5c4[C@@]2(CCN3C)C1O5. The van der Waals surface area contributed by atoms with Crippen molar-refractivity contribution in [3.8, 4) is 5.75 Å². The van der Waals surface area contributed by atoms with Crippen molar-refractivity contribution < 1.29 is 14.2 Å². The van der Waals surface area contributed by atoms with Crippen LogP contribution in [0.25, 0.3) is 0 Å². The fourth-order valence-corrected chi connectivity index (χ4v) is 16.0. The van der Waals surface area contributed by atoms with Gasteiger partial charge in [0.25, 0.3) is 0 Å². The molecule has 1 spiro atoms. The Morgan fingerprint density at radius 1 is 1.06 bits per heavy atom. The van der Waals surface area contributed by atoms with Crippen LogP contribution in [-0.4, -0.2) is 58.5 Å². The van der Waals surface area contributed by atoms with E-state index in [1.807, 2.05) is 7.11 Å². The Labute approximate surface area is 201 Å². The van der Waals surface area contributed by atoms with E-state index in [9.17, 15) is 0 Å². The summed E-state index contributed by atoms with van der Waals surface area (Å²) in [5.41, 5.74) is 4.39. The second kappa shape index (κ2) is 7.60. The summed E-state index contributed by atoms with van der Waals surface area (Å²) >= 11 is 0. The number of benzene rings is 1. The molecule has 2 aliphatic carbocycles. The van der Waals surface area contributed by atoms with Crippen molar-refractivity contribution in [3.05, 3.63) is 35.1 Å². The van der Waals surface area contributed by atoms with Crippen LogP contribution in [0.15, 0.2) is 24.0 Å². The van der Waals surface area contributed by atoms with Crippen LogP contribution in [0, 0.1) is 0 Å². The van der Waals surface area contributed by atoms with Gasteiger partial charge in [0, 0.05) is 25.1 Å². The van der Waals surface area contributed by atoms with Crippen LogP contribution in [-0.2, 0) is 21.3 Å². The van der Waals surface area contributed by atoms with Gasteiger partial charge in [-0.2, -0.15) is 0 Å². The number of likely N-dealkylation sites (N-methyl/N-ethyl adjacent to an activating group) is 1. The molecule has 1 aromatic rings. The minimum absolute atomic E-state index is 0.0965. The fourth-order valence-electron chi connectivity index (χ4n) is 9.19. The van der Waals surface area contributed by atoms with Crippen molar-refractivity contribution in [1.82, 2.24) is 4.90 Å². The number of piperidine rings is 1. The zero-order valence-corrected chi connectivity index (χ0v) is 23.1. The third-order valence-corrected chi connectivity index (χ3v) is 17.3. The van der Waals surface area contributed by atoms with Crippen molar-refractivity contribution in [2.24, 2.45) is 0 Å². The van der Waals surface area contributed by atoms with Crippen LogP contribution >= 0.6 is 0 Å². The standard InChI is InChI=1S/C28H43NO3Si/c1-17(2)33(18(3)4,19(5)6)22-11-10-20-16-23-28(31-9)13-12-21(30-8)26-27(28,14-15-29(23)7)24(20)25(22)32-26/h10-12,17-19,23,26H,13-16H2,1-9H3/t23-,26?,27+,28-/m1/s1. The van der Waals surface area contributed by atoms with Crippen LogP contribution < -0.4 is 9.92 Å². The zero-order chi connectivity index (χ0) is 23.9. The van der Waals surface area contributed by atoms with Crippen LogP contribution in [0.1, 0.15) is 65.5 Å². The first-order valence-electron chi connectivity index (χ1n) is 13.0. The molecule has 2 bridgehead atoms. The highest BCUT2D eigenvalue weighted by atomic mass is 28.3. The molecule has 5 heteroatoms. The van der Waals surface area contributed by atoms with Gasteiger partial charge in [0.05, 0.1) is 20.6 Å². The van der Waals surface area contributed by atoms with Crippen molar-refractivity contribution in [1.29, 1.82) is 0 Å². The van der Waals surface area contributed by atoms with Gasteiger partial charge < -0.3 is 19.1 Å². The van der Waals surface area contributed by atoms with E-state index in [0.717, 1.165) is 31.6 Å². The molecule has 0 saturated carbocycles. The Hall–Kier alpha value is -1.30. The number of nitrogens with zero attached hydrogens (tertiary/aromatic N) is 1. The minimum Gasteiger partial charge on any atom is -0.497 e. The molecule has 33 heavy (non-hydrogen) atoms. The molecule has 4 atom stereocenters. The number of likely N-dealkylation sites (tertiary alicyclic amines) is 1. The van der Waals surface area contributed by atoms with Crippen LogP contribution in [0.4, 0.5) is 0 Å². The van der Waals surface area contributed by atoms with Crippen molar-refractivity contribution in [2.45, 2.75) is 101 Å². The molecule has 1 saturated heterocycles. The van der Waals surface area contributed by atoms with Gasteiger partial charge in [0.2, 0.25) is 0 Å². The maximum Gasteiger partial charge on any atom is 0.168 e. The fraction of sp³-hybridized carbons (Fsp3) is 0.714. The molecular formula is C28H43NO3Si. The molecular weight excluding hydrogens is 426 g/mol. The van der Waals surface area contributed by atoms with Crippen LogP contribution in [0.3, 0.4) is 0 Å². The van der Waals surface area contributed by atoms with Crippen molar-refractivity contribution >= 4 is 13.3 Å². The third kappa shape index (κ3) is 2.54. The maximum atomic E-state index is 7.17. The van der Waals surface area contributed by atoms with E-state index in [-0.39, 0.29) is 17.1 Å². The summed E-state index contributed by atoms with van der Waals surface area (Å²) in [6, 6.07) is 5.29. The molecule has 0 N–H and O–H groups in total. The third-order valence-electron chi connectivity index (χ3n) is 10.3. The Kier molecular flexibility index (Phi) is 5.40. The largest absolute Gasteiger partial charge is 0.497 e. The predicted octanol–water partition coefficient (Wildman–Crippen LogP) is 5.15. The van der Waals surface area contributed by atoms with Crippen molar-refractivity contribution in [3.63, 3.8) is 0 Å². The van der Waals surface area contributed by atoms with E-state index in [4.69, 9.17) is 14.2 Å². The van der Waals surface area contributed by atoms with E-state index in [0.29, 0.717) is 22.7 Å². The monoisotopic (exact) mass is 469 g/mol. The summed E-state index contributed by atoms with van der Waals surface area (Å²) in [5, 5.41) is 1.53. The first-order chi connectivity index (χ1) is 15.6.